The second kappa shape index (κ2) is 6.20. The number of benzene rings is 1. The van der Waals surface area contributed by atoms with Crippen LogP contribution >= 0.6 is 0 Å². The Labute approximate surface area is 135 Å². The van der Waals surface area contributed by atoms with E-state index in [0.717, 1.165) is 24.2 Å². The van der Waals surface area contributed by atoms with E-state index in [4.69, 9.17) is 0 Å². The van der Waals surface area contributed by atoms with Crippen LogP contribution in [0.5, 0.6) is 0 Å². The standard InChI is InChI=1S/C18H20N4O/c1-4-6-14-7-5-8-15(10-14)20-17-9-12(2)22-18(21-17)16(11-19-22)13(3)23/h5,7-11H,4,6H2,1-3H3,(H,20,21). The van der Waals surface area contributed by atoms with Crippen molar-refractivity contribution in [2.24, 2.45) is 0 Å². The molecule has 1 N–H and O–H groups in total. The first-order valence-electron chi connectivity index (χ1n) is 7.80. The Bertz CT molecular complexity index is 867. The number of nitrogens with zero attached hydrogens (tertiary/aromatic N) is 3. The van der Waals surface area contributed by atoms with Gasteiger partial charge in [-0.2, -0.15) is 5.10 Å². The van der Waals surface area contributed by atoms with E-state index in [1.54, 1.807) is 10.7 Å². The summed E-state index contributed by atoms with van der Waals surface area (Å²) >= 11 is 0. The number of fused-ring (bicyclic) bond motifs is 1. The van der Waals surface area contributed by atoms with Crippen LogP contribution in [0.15, 0.2) is 36.5 Å². The summed E-state index contributed by atoms with van der Waals surface area (Å²) in [5, 5.41) is 7.56. The van der Waals surface area contributed by atoms with Crippen LogP contribution in [0, 0.1) is 6.92 Å². The Morgan fingerprint density at radius 2 is 2.13 bits per heavy atom. The van der Waals surface area contributed by atoms with Gasteiger partial charge in [-0.25, -0.2) is 9.50 Å². The highest BCUT2D eigenvalue weighted by Gasteiger charge is 2.12. The van der Waals surface area contributed by atoms with E-state index in [9.17, 15) is 4.79 Å². The average molecular weight is 308 g/mol. The molecule has 0 aliphatic rings. The lowest BCUT2D eigenvalue weighted by Crippen LogP contribution is -2.02. The maximum absolute atomic E-state index is 11.7. The number of carbonyl (C=O) groups is 1. The van der Waals surface area contributed by atoms with Gasteiger partial charge in [-0.3, -0.25) is 4.79 Å². The summed E-state index contributed by atoms with van der Waals surface area (Å²) in [6.45, 7) is 5.65. The molecular formula is C18H20N4O. The highest BCUT2D eigenvalue weighted by Crippen LogP contribution is 2.20. The molecule has 0 saturated heterocycles. The maximum Gasteiger partial charge on any atom is 0.168 e. The van der Waals surface area contributed by atoms with E-state index in [2.05, 4.69) is 34.5 Å². The third-order valence-corrected chi connectivity index (χ3v) is 3.77. The SMILES string of the molecule is CCCc1cccc(Nc2cc(C)n3ncc(C(C)=O)c3n2)c1. The molecule has 2 aromatic heterocycles. The first kappa shape index (κ1) is 15.2. The molecule has 0 aliphatic heterocycles. The van der Waals surface area contributed by atoms with Gasteiger partial charge < -0.3 is 5.32 Å². The number of Topliss-reactive ketones (excluding diaryl/α,β-unsaturated/α-hetero) is 1. The Hall–Kier alpha value is -2.69. The van der Waals surface area contributed by atoms with Crippen LogP contribution in [0.2, 0.25) is 0 Å². The lowest BCUT2D eigenvalue weighted by atomic mass is 10.1. The van der Waals surface area contributed by atoms with E-state index in [1.165, 1.54) is 12.5 Å². The van der Waals surface area contributed by atoms with Gasteiger partial charge >= 0.3 is 0 Å². The summed E-state index contributed by atoms with van der Waals surface area (Å²) in [4.78, 5) is 16.3. The van der Waals surface area contributed by atoms with Gasteiger partial charge in [0.25, 0.3) is 0 Å². The van der Waals surface area contributed by atoms with E-state index in [1.807, 2.05) is 25.1 Å². The molecule has 0 fully saturated rings. The van der Waals surface area contributed by atoms with Crippen molar-refractivity contribution in [1.82, 2.24) is 14.6 Å². The first-order chi connectivity index (χ1) is 11.1. The molecule has 3 aromatic rings. The van der Waals surface area contributed by atoms with Gasteiger partial charge in [-0.05, 0) is 38.0 Å². The third-order valence-electron chi connectivity index (χ3n) is 3.77. The number of anilines is 2. The largest absolute Gasteiger partial charge is 0.340 e. The first-order valence-corrected chi connectivity index (χ1v) is 7.80. The predicted molar refractivity (Wildman–Crippen MR) is 91.4 cm³/mol. The summed E-state index contributed by atoms with van der Waals surface area (Å²) in [5.41, 5.74) is 4.34. The molecule has 118 valence electrons. The maximum atomic E-state index is 11.7. The van der Waals surface area contributed by atoms with Gasteiger partial charge in [0.2, 0.25) is 0 Å². The third kappa shape index (κ3) is 3.08. The molecule has 0 spiro atoms. The molecule has 0 atom stereocenters. The summed E-state index contributed by atoms with van der Waals surface area (Å²) < 4.78 is 1.69. The molecule has 0 radical (unpaired) electrons. The molecule has 5 heteroatoms. The van der Waals surface area contributed by atoms with Crippen LogP contribution in [0.25, 0.3) is 5.65 Å². The summed E-state index contributed by atoms with van der Waals surface area (Å²) in [5.74, 6) is 0.681. The van der Waals surface area contributed by atoms with Crippen molar-refractivity contribution in [1.29, 1.82) is 0 Å². The molecule has 0 bridgehead atoms. The number of hydrogen-bond acceptors (Lipinski definition) is 4. The molecule has 0 unspecified atom stereocenters. The van der Waals surface area contributed by atoms with Gasteiger partial charge in [0, 0.05) is 17.4 Å². The van der Waals surface area contributed by atoms with Gasteiger partial charge in [-0.1, -0.05) is 25.5 Å². The number of carbonyl (C=O) groups excluding carboxylic acids is 1. The minimum atomic E-state index is -0.0333. The molecular weight excluding hydrogens is 288 g/mol. The van der Waals surface area contributed by atoms with Crippen molar-refractivity contribution < 1.29 is 4.79 Å². The zero-order valence-electron chi connectivity index (χ0n) is 13.6. The van der Waals surface area contributed by atoms with Gasteiger partial charge in [0.15, 0.2) is 11.4 Å². The quantitative estimate of drug-likeness (QED) is 0.725. The molecule has 0 saturated carbocycles. The van der Waals surface area contributed by atoms with Crippen molar-refractivity contribution in [2.45, 2.75) is 33.6 Å². The number of aryl methyl sites for hydroxylation is 2. The van der Waals surface area contributed by atoms with Crippen LogP contribution in [-0.2, 0) is 6.42 Å². The number of hydrogen-bond donors (Lipinski definition) is 1. The van der Waals surface area contributed by atoms with E-state index in [-0.39, 0.29) is 5.78 Å². The second-order valence-corrected chi connectivity index (χ2v) is 5.71. The zero-order valence-corrected chi connectivity index (χ0v) is 13.6. The van der Waals surface area contributed by atoms with Crippen LogP contribution in [0.4, 0.5) is 11.5 Å². The lowest BCUT2D eigenvalue weighted by molar-refractivity contribution is 0.101. The van der Waals surface area contributed by atoms with Crippen LogP contribution in [-0.4, -0.2) is 20.4 Å². The number of aromatic nitrogens is 3. The fraction of sp³-hybridized carbons (Fsp3) is 0.278. The topological polar surface area (TPSA) is 59.3 Å². The Morgan fingerprint density at radius 1 is 1.30 bits per heavy atom. The number of rotatable bonds is 5. The zero-order chi connectivity index (χ0) is 16.4. The average Bonchev–Trinajstić information content (AvgIpc) is 2.92. The molecule has 0 aliphatic carbocycles. The minimum Gasteiger partial charge on any atom is -0.340 e. The van der Waals surface area contributed by atoms with E-state index >= 15 is 0 Å². The van der Waals surface area contributed by atoms with Gasteiger partial charge in [0.1, 0.15) is 5.82 Å². The van der Waals surface area contributed by atoms with Crippen LogP contribution in [0.3, 0.4) is 0 Å². The predicted octanol–water partition coefficient (Wildman–Crippen LogP) is 3.94. The van der Waals surface area contributed by atoms with E-state index in [0.29, 0.717) is 17.0 Å². The van der Waals surface area contributed by atoms with Crippen molar-refractivity contribution in [3.63, 3.8) is 0 Å². The lowest BCUT2D eigenvalue weighted by Gasteiger charge is -2.09. The molecule has 2 heterocycles. The summed E-state index contributed by atoms with van der Waals surface area (Å²) in [6.07, 6.45) is 3.74. The normalized spacial score (nSPS) is 10.9. The fourth-order valence-electron chi connectivity index (χ4n) is 2.67. The van der Waals surface area contributed by atoms with Crippen LogP contribution < -0.4 is 5.32 Å². The van der Waals surface area contributed by atoms with Crippen LogP contribution in [0.1, 0.15) is 41.9 Å². The Balaban J connectivity index is 1.98. The van der Waals surface area contributed by atoms with Crippen molar-refractivity contribution in [2.75, 3.05) is 5.32 Å². The molecule has 0 amide bonds. The highest BCUT2D eigenvalue weighted by atomic mass is 16.1. The van der Waals surface area contributed by atoms with E-state index < -0.39 is 0 Å². The number of ketones is 1. The monoisotopic (exact) mass is 308 g/mol. The fourth-order valence-corrected chi connectivity index (χ4v) is 2.67. The smallest absolute Gasteiger partial charge is 0.168 e. The minimum absolute atomic E-state index is 0.0333. The molecule has 5 nitrogen and oxygen atoms in total. The van der Waals surface area contributed by atoms with Gasteiger partial charge in [0.05, 0.1) is 11.8 Å². The summed E-state index contributed by atoms with van der Waals surface area (Å²) in [7, 11) is 0. The van der Waals surface area contributed by atoms with Crippen molar-refractivity contribution >= 4 is 22.9 Å². The molecule has 23 heavy (non-hydrogen) atoms. The summed E-state index contributed by atoms with van der Waals surface area (Å²) in [6, 6.07) is 10.2. The highest BCUT2D eigenvalue weighted by molar-refractivity contribution is 5.99. The van der Waals surface area contributed by atoms with Crippen molar-refractivity contribution in [3.05, 3.63) is 53.3 Å². The molecule has 3 rings (SSSR count). The van der Waals surface area contributed by atoms with Gasteiger partial charge in [-0.15, -0.1) is 0 Å². The number of nitrogens with one attached hydrogen (secondary N) is 1. The van der Waals surface area contributed by atoms with Crippen molar-refractivity contribution in [3.8, 4) is 0 Å². The Morgan fingerprint density at radius 3 is 2.87 bits per heavy atom. The Kier molecular flexibility index (Phi) is 4.10. The second-order valence-electron chi connectivity index (χ2n) is 5.71. The molecule has 1 aromatic carbocycles.